The molecule has 1 saturated heterocycles. The fourth-order valence-corrected chi connectivity index (χ4v) is 0.875. The van der Waals surface area contributed by atoms with Crippen molar-refractivity contribution in [2.75, 3.05) is 20.2 Å². The average Bonchev–Trinajstić information content (AvgIpc) is 2.05. The maximum absolute atomic E-state index is 10.8. The minimum Gasteiger partial charge on any atom is -0.468 e. The van der Waals surface area contributed by atoms with Crippen LogP contribution in [0.5, 0.6) is 0 Å². The van der Waals surface area contributed by atoms with Gasteiger partial charge in [-0.1, -0.05) is 0 Å². The van der Waals surface area contributed by atoms with E-state index in [0.717, 1.165) is 0 Å². The van der Waals surface area contributed by atoms with Crippen molar-refractivity contribution in [1.82, 2.24) is 10.6 Å². The third-order valence-corrected chi connectivity index (χ3v) is 1.50. The van der Waals surface area contributed by atoms with Crippen molar-refractivity contribution in [1.29, 1.82) is 0 Å². The van der Waals surface area contributed by atoms with Gasteiger partial charge in [-0.2, -0.15) is 0 Å². The SMILES string of the molecule is COC(=O)C1CNC(=O)CN1. The van der Waals surface area contributed by atoms with Gasteiger partial charge in [0.15, 0.2) is 0 Å². The Morgan fingerprint density at radius 2 is 2.45 bits per heavy atom. The maximum Gasteiger partial charge on any atom is 0.324 e. The summed E-state index contributed by atoms with van der Waals surface area (Å²) in [6.45, 7) is 0.491. The number of rotatable bonds is 1. The molecule has 1 atom stereocenters. The van der Waals surface area contributed by atoms with Gasteiger partial charge < -0.3 is 10.1 Å². The molecule has 5 nitrogen and oxygen atoms in total. The summed E-state index contributed by atoms with van der Waals surface area (Å²) in [7, 11) is 1.32. The lowest BCUT2D eigenvalue weighted by Gasteiger charge is -2.21. The third kappa shape index (κ3) is 1.91. The predicted molar refractivity (Wildman–Crippen MR) is 36.8 cm³/mol. The van der Waals surface area contributed by atoms with E-state index in [0.29, 0.717) is 6.54 Å². The number of piperazine rings is 1. The molecule has 2 N–H and O–H groups in total. The Balaban J connectivity index is 2.39. The van der Waals surface area contributed by atoms with E-state index in [9.17, 15) is 9.59 Å². The van der Waals surface area contributed by atoms with Gasteiger partial charge in [0.1, 0.15) is 6.04 Å². The highest BCUT2D eigenvalue weighted by molar-refractivity contribution is 5.83. The molecule has 62 valence electrons. The van der Waals surface area contributed by atoms with Gasteiger partial charge in [0.25, 0.3) is 0 Å². The summed E-state index contributed by atoms with van der Waals surface area (Å²) in [4.78, 5) is 21.4. The lowest BCUT2D eigenvalue weighted by molar-refractivity contribution is -0.143. The molecule has 11 heavy (non-hydrogen) atoms. The number of ether oxygens (including phenoxy) is 1. The van der Waals surface area contributed by atoms with Gasteiger partial charge in [-0.05, 0) is 0 Å². The largest absolute Gasteiger partial charge is 0.468 e. The Hall–Kier alpha value is -1.10. The summed E-state index contributed by atoms with van der Waals surface area (Å²) in [6.07, 6.45) is 0. The molecular formula is C6H10N2O3. The molecular weight excluding hydrogens is 148 g/mol. The van der Waals surface area contributed by atoms with E-state index in [1.165, 1.54) is 7.11 Å². The smallest absolute Gasteiger partial charge is 0.324 e. The summed E-state index contributed by atoms with van der Waals surface area (Å²) in [5.74, 6) is -0.435. The number of nitrogens with one attached hydrogen (secondary N) is 2. The molecule has 0 radical (unpaired) electrons. The number of hydrogen-bond donors (Lipinski definition) is 2. The summed E-state index contributed by atoms with van der Waals surface area (Å²) < 4.78 is 4.47. The van der Waals surface area contributed by atoms with Crippen LogP contribution in [0, 0.1) is 0 Å². The topological polar surface area (TPSA) is 67.4 Å². The Morgan fingerprint density at radius 3 is 2.91 bits per heavy atom. The van der Waals surface area contributed by atoms with E-state index in [-0.39, 0.29) is 18.4 Å². The first-order chi connectivity index (χ1) is 5.24. The zero-order valence-corrected chi connectivity index (χ0v) is 6.22. The first kappa shape index (κ1) is 8.00. The molecule has 1 fully saturated rings. The van der Waals surface area contributed by atoms with Crippen molar-refractivity contribution >= 4 is 11.9 Å². The highest BCUT2D eigenvalue weighted by Crippen LogP contribution is 1.90. The molecule has 1 amide bonds. The van der Waals surface area contributed by atoms with Crippen molar-refractivity contribution in [3.05, 3.63) is 0 Å². The molecule has 1 aliphatic heterocycles. The van der Waals surface area contributed by atoms with Crippen LogP contribution in [0.2, 0.25) is 0 Å². The number of methoxy groups -OCH3 is 1. The molecule has 1 unspecified atom stereocenters. The van der Waals surface area contributed by atoms with Crippen LogP contribution in [0.4, 0.5) is 0 Å². The standard InChI is InChI=1S/C6H10N2O3/c1-11-6(10)4-2-8-5(9)3-7-4/h4,7H,2-3H2,1H3,(H,8,9). The van der Waals surface area contributed by atoms with Crippen LogP contribution < -0.4 is 10.6 Å². The molecule has 0 aromatic rings. The monoisotopic (exact) mass is 158 g/mol. The predicted octanol–water partition coefficient (Wildman–Crippen LogP) is -1.75. The molecule has 0 aromatic carbocycles. The Bertz CT molecular complexity index is 171. The minimum atomic E-state index is -0.391. The van der Waals surface area contributed by atoms with Gasteiger partial charge in [0.05, 0.1) is 13.7 Å². The molecule has 1 heterocycles. The van der Waals surface area contributed by atoms with E-state index in [2.05, 4.69) is 15.4 Å². The molecule has 0 aliphatic carbocycles. The van der Waals surface area contributed by atoms with Gasteiger partial charge in [-0.25, -0.2) is 0 Å². The fraction of sp³-hybridized carbons (Fsp3) is 0.667. The number of esters is 1. The number of carbonyl (C=O) groups is 2. The van der Waals surface area contributed by atoms with Crippen LogP contribution in [0.3, 0.4) is 0 Å². The van der Waals surface area contributed by atoms with Crippen LogP contribution in [0.15, 0.2) is 0 Å². The number of carbonyl (C=O) groups excluding carboxylic acids is 2. The summed E-state index contributed by atoms with van der Waals surface area (Å²) in [5, 5.41) is 5.28. The first-order valence-electron chi connectivity index (χ1n) is 3.32. The van der Waals surface area contributed by atoms with E-state index >= 15 is 0 Å². The van der Waals surface area contributed by atoms with E-state index < -0.39 is 6.04 Å². The van der Waals surface area contributed by atoms with Crippen LogP contribution in [-0.2, 0) is 14.3 Å². The third-order valence-electron chi connectivity index (χ3n) is 1.50. The highest BCUT2D eigenvalue weighted by atomic mass is 16.5. The number of amides is 1. The van der Waals surface area contributed by atoms with Gasteiger partial charge in [0.2, 0.25) is 5.91 Å². The lowest BCUT2D eigenvalue weighted by Crippen LogP contribution is -2.55. The lowest BCUT2D eigenvalue weighted by atomic mass is 10.2. The van der Waals surface area contributed by atoms with Crippen molar-refractivity contribution in [3.63, 3.8) is 0 Å². The summed E-state index contributed by atoms with van der Waals surface area (Å²) >= 11 is 0. The van der Waals surface area contributed by atoms with Gasteiger partial charge in [0, 0.05) is 6.54 Å². The van der Waals surface area contributed by atoms with Crippen molar-refractivity contribution in [2.24, 2.45) is 0 Å². The van der Waals surface area contributed by atoms with Crippen molar-refractivity contribution < 1.29 is 14.3 Å². The Labute approximate surface area is 64.1 Å². The normalized spacial score (nSPS) is 24.1. The average molecular weight is 158 g/mol. The van der Waals surface area contributed by atoms with Crippen molar-refractivity contribution in [2.45, 2.75) is 6.04 Å². The van der Waals surface area contributed by atoms with Crippen LogP contribution in [0.1, 0.15) is 0 Å². The summed E-state index contributed by atoms with van der Waals surface area (Å²) in [5.41, 5.74) is 0. The Kier molecular flexibility index (Phi) is 2.43. The van der Waals surface area contributed by atoms with Gasteiger partial charge >= 0.3 is 5.97 Å². The van der Waals surface area contributed by atoms with Gasteiger partial charge in [-0.15, -0.1) is 0 Å². The molecule has 0 aromatic heterocycles. The maximum atomic E-state index is 10.8. The van der Waals surface area contributed by atoms with Crippen molar-refractivity contribution in [3.8, 4) is 0 Å². The molecule has 1 aliphatic rings. The molecule has 0 saturated carbocycles. The van der Waals surface area contributed by atoms with E-state index in [4.69, 9.17) is 0 Å². The van der Waals surface area contributed by atoms with Crippen LogP contribution in [0.25, 0.3) is 0 Å². The van der Waals surface area contributed by atoms with Crippen LogP contribution >= 0.6 is 0 Å². The quantitative estimate of drug-likeness (QED) is 0.444. The first-order valence-corrected chi connectivity index (χ1v) is 3.32. The van der Waals surface area contributed by atoms with E-state index in [1.54, 1.807) is 0 Å². The molecule has 0 bridgehead atoms. The zero-order chi connectivity index (χ0) is 8.27. The van der Waals surface area contributed by atoms with E-state index in [1.807, 2.05) is 0 Å². The number of hydrogen-bond acceptors (Lipinski definition) is 4. The second-order valence-corrected chi connectivity index (χ2v) is 2.26. The Morgan fingerprint density at radius 1 is 1.73 bits per heavy atom. The highest BCUT2D eigenvalue weighted by Gasteiger charge is 2.23. The molecule has 0 spiro atoms. The second-order valence-electron chi connectivity index (χ2n) is 2.26. The van der Waals surface area contributed by atoms with Crippen LogP contribution in [-0.4, -0.2) is 38.1 Å². The second kappa shape index (κ2) is 3.34. The molecule has 1 rings (SSSR count). The minimum absolute atomic E-state index is 0.0925. The van der Waals surface area contributed by atoms with Gasteiger partial charge in [-0.3, -0.25) is 14.9 Å². The molecule has 5 heteroatoms. The fourth-order valence-electron chi connectivity index (χ4n) is 0.875. The zero-order valence-electron chi connectivity index (χ0n) is 6.22. The summed E-state index contributed by atoms with van der Waals surface area (Å²) in [6, 6.07) is -0.391.